The number of fused-ring (bicyclic) bond motifs is 1. The maximum atomic E-state index is 9.47. The van der Waals surface area contributed by atoms with E-state index < -0.39 is 0 Å². The highest BCUT2D eigenvalue weighted by Gasteiger charge is 2.12. The number of aliphatic hydroxyl groups is 1. The van der Waals surface area contributed by atoms with Crippen molar-refractivity contribution < 1.29 is 5.11 Å². The van der Waals surface area contributed by atoms with Gasteiger partial charge in [0.05, 0.1) is 11.4 Å². The fourth-order valence-electron chi connectivity index (χ4n) is 1.95. The molecule has 1 atom stereocenters. The third-order valence-corrected chi connectivity index (χ3v) is 4.17. The van der Waals surface area contributed by atoms with Crippen LogP contribution >= 0.6 is 11.3 Å². The first-order chi connectivity index (χ1) is 12.3. The molecule has 3 heterocycles. The Labute approximate surface area is 156 Å². The fourth-order valence-corrected chi connectivity index (χ4v) is 2.70. The van der Waals surface area contributed by atoms with Crippen LogP contribution in [0.25, 0.3) is 21.6 Å². The Bertz CT molecular complexity index is 932. The Balaban J connectivity index is 0.000000552. The average molecular weight is 370 g/mol. The van der Waals surface area contributed by atoms with Crippen LogP contribution in [0.15, 0.2) is 37.1 Å². The van der Waals surface area contributed by atoms with Gasteiger partial charge in [0.15, 0.2) is 5.65 Å². The third kappa shape index (κ3) is 5.06. The van der Waals surface area contributed by atoms with Crippen LogP contribution in [0.3, 0.4) is 0 Å². The number of hydrogen-bond acceptors (Lipinski definition) is 8. The summed E-state index contributed by atoms with van der Waals surface area (Å²) in [6.45, 7) is 10.8. The lowest BCUT2D eigenvalue weighted by molar-refractivity contribution is 0.384. The molecular weight excluding hydrogens is 348 g/mol. The zero-order valence-corrected chi connectivity index (χ0v) is 16.1. The molecule has 3 aromatic rings. The molecule has 3 rings (SSSR count). The molecule has 0 aliphatic rings. The van der Waals surface area contributed by atoms with Crippen molar-refractivity contribution in [3.05, 3.63) is 42.0 Å². The molecule has 0 spiro atoms. The van der Waals surface area contributed by atoms with E-state index in [0.717, 1.165) is 20.8 Å². The number of aliphatic hydroxyl groups excluding tert-OH is 1. The Morgan fingerprint density at radius 2 is 1.92 bits per heavy atom. The molecule has 136 valence electrons. The quantitative estimate of drug-likeness (QED) is 0.465. The summed E-state index contributed by atoms with van der Waals surface area (Å²) in [6.07, 6.45) is 5.03. The van der Waals surface area contributed by atoms with Crippen LogP contribution in [-0.2, 0) is 0 Å². The Kier molecular flexibility index (Phi) is 6.35. The molecule has 0 saturated carbocycles. The number of hydrogen-bond donors (Lipinski definition) is 3. The Morgan fingerprint density at radius 3 is 2.50 bits per heavy atom. The highest BCUT2D eigenvalue weighted by atomic mass is 32.1. The summed E-state index contributed by atoms with van der Waals surface area (Å²) in [5, 5.41) is 20.8. The second kappa shape index (κ2) is 8.48. The normalized spacial score (nSPS) is 11.4. The van der Waals surface area contributed by atoms with Gasteiger partial charge in [-0.1, -0.05) is 6.58 Å². The number of pyridine rings is 1. The number of nitrogens with one attached hydrogen (secondary N) is 2. The molecule has 0 aliphatic carbocycles. The van der Waals surface area contributed by atoms with Gasteiger partial charge in [-0.15, -0.1) is 11.3 Å². The van der Waals surface area contributed by atoms with E-state index >= 15 is 0 Å². The van der Waals surface area contributed by atoms with Crippen LogP contribution in [0.4, 0.5) is 5.82 Å². The molecular formula is C18H22N6OS. The summed E-state index contributed by atoms with van der Waals surface area (Å²) in [7, 11) is 0. The zero-order chi connectivity index (χ0) is 19.3. The predicted octanol–water partition coefficient (Wildman–Crippen LogP) is 4.37. The molecule has 8 heteroatoms. The fraction of sp³-hybridized carbons (Fsp3) is 0.278. The number of thiazole rings is 1. The summed E-state index contributed by atoms with van der Waals surface area (Å²) >= 11 is 1.61. The van der Waals surface area contributed by atoms with Gasteiger partial charge in [0, 0.05) is 28.5 Å². The van der Waals surface area contributed by atoms with Crippen molar-refractivity contribution in [3.63, 3.8) is 0 Å². The van der Waals surface area contributed by atoms with Gasteiger partial charge in [0.2, 0.25) is 0 Å². The van der Waals surface area contributed by atoms with Crippen LogP contribution in [0.2, 0.25) is 0 Å². The van der Waals surface area contributed by atoms with Crippen molar-refractivity contribution in [2.24, 2.45) is 0 Å². The van der Waals surface area contributed by atoms with Crippen LogP contribution in [0.5, 0.6) is 0 Å². The predicted molar refractivity (Wildman–Crippen MR) is 107 cm³/mol. The zero-order valence-electron chi connectivity index (χ0n) is 15.2. The Morgan fingerprint density at radius 1 is 1.23 bits per heavy atom. The van der Waals surface area contributed by atoms with Crippen LogP contribution < -0.4 is 5.32 Å². The molecule has 26 heavy (non-hydrogen) atoms. The average Bonchev–Trinajstić information content (AvgIpc) is 3.00. The van der Waals surface area contributed by atoms with E-state index in [0.29, 0.717) is 17.2 Å². The molecule has 3 N–H and O–H groups in total. The van der Waals surface area contributed by atoms with Gasteiger partial charge in [0.1, 0.15) is 22.9 Å². The lowest BCUT2D eigenvalue weighted by Crippen LogP contribution is -2.18. The highest BCUT2D eigenvalue weighted by molar-refractivity contribution is 7.14. The molecule has 1 unspecified atom stereocenters. The van der Waals surface area contributed by atoms with E-state index in [4.69, 9.17) is 5.41 Å². The molecule has 0 bridgehead atoms. The lowest BCUT2D eigenvalue weighted by Gasteiger charge is -2.14. The summed E-state index contributed by atoms with van der Waals surface area (Å²) in [5.74, 6) is 0.654. The number of aryl methyl sites for hydroxylation is 1. The van der Waals surface area contributed by atoms with Gasteiger partial charge < -0.3 is 15.8 Å². The van der Waals surface area contributed by atoms with Gasteiger partial charge >= 0.3 is 0 Å². The number of anilines is 1. The van der Waals surface area contributed by atoms with Crippen LogP contribution in [0, 0.1) is 12.3 Å². The van der Waals surface area contributed by atoms with E-state index in [1.54, 1.807) is 38.3 Å². The monoisotopic (exact) mass is 370 g/mol. The first-order valence-electron chi connectivity index (χ1n) is 7.97. The summed E-state index contributed by atoms with van der Waals surface area (Å²) in [5.41, 5.74) is 2.17. The molecule has 7 nitrogen and oxygen atoms in total. The largest absolute Gasteiger partial charge is 0.511 e. The molecule has 0 aromatic carbocycles. The van der Waals surface area contributed by atoms with Crippen LogP contribution in [-0.4, -0.2) is 36.8 Å². The van der Waals surface area contributed by atoms with Gasteiger partial charge in [-0.3, -0.25) is 0 Å². The molecule has 0 saturated heterocycles. The van der Waals surface area contributed by atoms with E-state index in [1.807, 2.05) is 19.2 Å². The van der Waals surface area contributed by atoms with Crippen molar-refractivity contribution in [1.82, 2.24) is 19.9 Å². The number of rotatable bonds is 4. The minimum absolute atomic E-state index is 0.0476. The van der Waals surface area contributed by atoms with Gasteiger partial charge in [-0.05, 0) is 33.8 Å². The van der Waals surface area contributed by atoms with Gasteiger partial charge in [-0.2, -0.15) is 0 Å². The van der Waals surface area contributed by atoms with Crippen molar-refractivity contribution in [1.29, 1.82) is 5.41 Å². The van der Waals surface area contributed by atoms with E-state index in [1.165, 1.54) is 6.33 Å². The second-order valence-electron chi connectivity index (χ2n) is 5.95. The van der Waals surface area contributed by atoms with Crippen molar-refractivity contribution in [2.75, 3.05) is 5.32 Å². The molecule has 0 fully saturated rings. The minimum Gasteiger partial charge on any atom is -0.511 e. The van der Waals surface area contributed by atoms with Gasteiger partial charge in [0.25, 0.3) is 0 Å². The summed E-state index contributed by atoms with van der Waals surface area (Å²) < 4.78 is 0. The minimum atomic E-state index is -0.316. The molecule has 3 aromatic heterocycles. The number of nitrogens with zero attached hydrogens (tertiary/aromatic N) is 4. The maximum Gasteiger partial charge on any atom is 0.164 e. The highest BCUT2D eigenvalue weighted by Crippen LogP contribution is 2.28. The summed E-state index contributed by atoms with van der Waals surface area (Å²) in [4.78, 5) is 18.3. The lowest BCUT2D eigenvalue weighted by atomic mass is 10.2. The standard InChI is InChI=1S/C15H15N5OS.C3H7N/c1-8-5-17-15(22-8)11-4-12-13(16-6-11)18-7-19-14(12)20-9(2)10(3)21;1-3(2)4/h4-7,9,21H,3H2,1-2H3,(H,16,18,19,20);4H,1-2H3. The van der Waals surface area contributed by atoms with Gasteiger partial charge in [-0.25, -0.2) is 19.9 Å². The molecule has 0 aliphatic heterocycles. The third-order valence-electron chi connectivity index (χ3n) is 3.21. The van der Waals surface area contributed by atoms with E-state index in [9.17, 15) is 5.11 Å². The van der Waals surface area contributed by atoms with Crippen LogP contribution in [0.1, 0.15) is 25.6 Å². The first-order valence-corrected chi connectivity index (χ1v) is 8.79. The summed E-state index contributed by atoms with van der Waals surface area (Å²) in [6, 6.07) is 1.64. The van der Waals surface area contributed by atoms with Crippen molar-refractivity contribution >= 4 is 33.9 Å². The smallest absolute Gasteiger partial charge is 0.164 e. The topological polar surface area (TPSA) is 108 Å². The number of aromatic nitrogens is 4. The second-order valence-corrected chi connectivity index (χ2v) is 7.19. The first kappa shape index (κ1) is 19.5. The van der Waals surface area contributed by atoms with Crippen molar-refractivity contribution in [2.45, 2.75) is 33.7 Å². The Hall–Kier alpha value is -2.87. The van der Waals surface area contributed by atoms with E-state index in [-0.39, 0.29) is 11.8 Å². The molecule has 0 amide bonds. The maximum absolute atomic E-state index is 9.47. The SMILES string of the molecule is C=C(O)C(C)Nc1ncnc2ncc(-c3ncc(C)s3)cc12.CC(C)=N. The van der Waals surface area contributed by atoms with E-state index in [2.05, 4.69) is 31.8 Å². The molecule has 0 radical (unpaired) electrons. The van der Waals surface area contributed by atoms with Crippen molar-refractivity contribution in [3.8, 4) is 10.6 Å².